The molecule has 3 rings (SSSR count). The van der Waals surface area contributed by atoms with E-state index in [1.165, 1.54) is 0 Å². The van der Waals surface area contributed by atoms with Crippen LogP contribution < -0.4 is 4.74 Å². The van der Waals surface area contributed by atoms with E-state index in [1.54, 1.807) is 23.8 Å². The average molecular weight is 268 g/mol. The maximum Gasteiger partial charge on any atom is 0.372 e. The van der Waals surface area contributed by atoms with Gasteiger partial charge in [-0.25, -0.2) is 9.78 Å². The second kappa shape index (κ2) is 4.70. The van der Waals surface area contributed by atoms with E-state index in [1.807, 2.05) is 36.4 Å². The van der Waals surface area contributed by atoms with Gasteiger partial charge in [0.05, 0.1) is 18.3 Å². The van der Waals surface area contributed by atoms with Gasteiger partial charge >= 0.3 is 5.97 Å². The molecule has 1 aromatic carbocycles. The predicted molar refractivity (Wildman–Crippen MR) is 74.1 cm³/mol. The molecule has 0 fully saturated rings. The Morgan fingerprint density at radius 3 is 2.85 bits per heavy atom. The van der Waals surface area contributed by atoms with Gasteiger partial charge in [-0.05, 0) is 24.3 Å². The molecule has 0 aliphatic carbocycles. The molecule has 100 valence electrons. The Morgan fingerprint density at radius 1 is 1.25 bits per heavy atom. The SMILES string of the molecule is COc1cccc(-c2nc(C(=O)O)n3ccccc23)c1. The van der Waals surface area contributed by atoms with Gasteiger partial charge in [-0.1, -0.05) is 18.2 Å². The monoisotopic (exact) mass is 268 g/mol. The topological polar surface area (TPSA) is 63.8 Å². The lowest BCUT2D eigenvalue weighted by Crippen LogP contribution is -2.02. The van der Waals surface area contributed by atoms with Crippen LogP contribution in [0.4, 0.5) is 0 Å². The van der Waals surface area contributed by atoms with Crippen molar-refractivity contribution >= 4 is 11.5 Å². The zero-order valence-electron chi connectivity index (χ0n) is 10.8. The second-order valence-corrected chi connectivity index (χ2v) is 4.28. The van der Waals surface area contributed by atoms with E-state index >= 15 is 0 Å². The van der Waals surface area contributed by atoms with Gasteiger partial charge in [-0.3, -0.25) is 4.40 Å². The molecular formula is C15H12N2O3. The van der Waals surface area contributed by atoms with Crippen molar-refractivity contribution in [2.45, 2.75) is 0 Å². The van der Waals surface area contributed by atoms with Gasteiger partial charge in [0, 0.05) is 11.8 Å². The van der Waals surface area contributed by atoms with Crippen LogP contribution in [0.1, 0.15) is 10.6 Å². The minimum absolute atomic E-state index is 0.00146. The largest absolute Gasteiger partial charge is 0.497 e. The van der Waals surface area contributed by atoms with E-state index in [9.17, 15) is 9.90 Å². The third-order valence-corrected chi connectivity index (χ3v) is 3.08. The Bertz CT molecular complexity index is 793. The lowest BCUT2D eigenvalue weighted by Gasteiger charge is -2.02. The minimum Gasteiger partial charge on any atom is -0.497 e. The van der Waals surface area contributed by atoms with Crippen molar-refractivity contribution in [1.82, 2.24) is 9.38 Å². The number of hydrogen-bond donors (Lipinski definition) is 1. The van der Waals surface area contributed by atoms with Crippen LogP contribution in [-0.4, -0.2) is 27.6 Å². The van der Waals surface area contributed by atoms with E-state index in [2.05, 4.69) is 4.98 Å². The summed E-state index contributed by atoms with van der Waals surface area (Å²) in [6, 6.07) is 12.9. The first-order valence-corrected chi connectivity index (χ1v) is 6.05. The third-order valence-electron chi connectivity index (χ3n) is 3.08. The standard InChI is InChI=1S/C15H12N2O3/c1-20-11-6-4-5-10(9-11)13-12-7-2-3-8-17(12)14(16-13)15(18)19/h2-9H,1H3,(H,18,19). The highest BCUT2D eigenvalue weighted by Gasteiger charge is 2.17. The number of carboxylic acids is 1. The van der Waals surface area contributed by atoms with Gasteiger partial charge in [0.15, 0.2) is 0 Å². The van der Waals surface area contributed by atoms with E-state index in [4.69, 9.17) is 4.74 Å². The molecule has 0 saturated heterocycles. The zero-order valence-corrected chi connectivity index (χ0v) is 10.8. The summed E-state index contributed by atoms with van der Waals surface area (Å²) in [7, 11) is 1.59. The molecule has 0 radical (unpaired) electrons. The molecule has 0 saturated carbocycles. The first-order chi connectivity index (χ1) is 9.70. The molecular weight excluding hydrogens is 256 g/mol. The second-order valence-electron chi connectivity index (χ2n) is 4.28. The summed E-state index contributed by atoms with van der Waals surface area (Å²) in [6.45, 7) is 0. The zero-order chi connectivity index (χ0) is 14.1. The maximum absolute atomic E-state index is 11.3. The third kappa shape index (κ3) is 1.89. The molecule has 3 aromatic rings. The molecule has 1 N–H and O–H groups in total. The number of benzene rings is 1. The highest BCUT2D eigenvalue weighted by atomic mass is 16.5. The van der Waals surface area contributed by atoms with Gasteiger partial charge in [0.1, 0.15) is 5.75 Å². The van der Waals surface area contributed by atoms with Gasteiger partial charge in [0.25, 0.3) is 0 Å². The van der Waals surface area contributed by atoms with E-state index in [0.29, 0.717) is 11.4 Å². The Morgan fingerprint density at radius 2 is 2.10 bits per heavy atom. The van der Waals surface area contributed by atoms with Crippen molar-refractivity contribution < 1.29 is 14.6 Å². The van der Waals surface area contributed by atoms with E-state index < -0.39 is 5.97 Å². The predicted octanol–water partition coefficient (Wildman–Crippen LogP) is 2.71. The van der Waals surface area contributed by atoms with Crippen LogP contribution in [0.3, 0.4) is 0 Å². The first kappa shape index (κ1) is 12.2. The number of aromatic carboxylic acids is 1. The molecule has 0 bridgehead atoms. The molecule has 0 atom stereocenters. The molecule has 0 unspecified atom stereocenters. The normalized spacial score (nSPS) is 10.7. The molecule has 2 aromatic heterocycles. The Hall–Kier alpha value is -2.82. The molecule has 5 heteroatoms. The van der Waals surface area contributed by atoms with Crippen molar-refractivity contribution in [2.75, 3.05) is 7.11 Å². The fraction of sp³-hybridized carbons (Fsp3) is 0.0667. The number of imidazole rings is 1. The van der Waals surface area contributed by atoms with Crippen molar-refractivity contribution in [3.05, 3.63) is 54.5 Å². The molecule has 2 heterocycles. The Balaban J connectivity index is 2.28. The van der Waals surface area contributed by atoms with Crippen molar-refractivity contribution in [3.63, 3.8) is 0 Å². The molecule has 0 aliphatic heterocycles. The highest BCUT2D eigenvalue weighted by molar-refractivity contribution is 5.89. The number of rotatable bonds is 3. The van der Waals surface area contributed by atoms with Gasteiger partial charge in [-0.2, -0.15) is 0 Å². The molecule has 20 heavy (non-hydrogen) atoms. The lowest BCUT2D eigenvalue weighted by molar-refractivity contribution is 0.0683. The molecule has 0 amide bonds. The number of carboxylic acid groups (broad SMARTS) is 1. The fourth-order valence-electron chi connectivity index (χ4n) is 2.17. The summed E-state index contributed by atoms with van der Waals surface area (Å²) in [5.74, 6) is -0.352. The summed E-state index contributed by atoms with van der Waals surface area (Å²) >= 11 is 0. The molecule has 0 spiro atoms. The van der Waals surface area contributed by atoms with Crippen molar-refractivity contribution in [3.8, 4) is 17.0 Å². The number of methoxy groups -OCH3 is 1. The summed E-state index contributed by atoms with van der Waals surface area (Å²) in [6.07, 6.45) is 1.69. The van der Waals surface area contributed by atoms with Crippen LogP contribution in [0.5, 0.6) is 5.75 Å². The fourth-order valence-corrected chi connectivity index (χ4v) is 2.17. The summed E-state index contributed by atoms with van der Waals surface area (Å²) in [5, 5.41) is 9.24. The van der Waals surface area contributed by atoms with Crippen LogP contribution in [0.2, 0.25) is 0 Å². The van der Waals surface area contributed by atoms with Crippen molar-refractivity contribution in [2.24, 2.45) is 0 Å². The Labute approximate surface area is 115 Å². The van der Waals surface area contributed by atoms with E-state index in [-0.39, 0.29) is 5.82 Å². The Kier molecular flexibility index (Phi) is 2.87. The number of aromatic nitrogens is 2. The first-order valence-electron chi connectivity index (χ1n) is 6.05. The summed E-state index contributed by atoms with van der Waals surface area (Å²) in [5.41, 5.74) is 2.20. The van der Waals surface area contributed by atoms with Crippen molar-refractivity contribution in [1.29, 1.82) is 0 Å². The number of ether oxygens (including phenoxy) is 1. The summed E-state index contributed by atoms with van der Waals surface area (Å²) < 4.78 is 6.76. The van der Waals surface area contributed by atoms with Crippen LogP contribution in [0.25, 0.3) is 16.8 Å². The van der Waals surface area contributed by atoms with Crippen LogP contribution in [0.15, 0.2) is 48.7 Å². The van der Waals surface area contributed by atoms with Gasteiger partial charge in [-0.15, -0.1) is 0 Å². The van der Waals surface area contributed by atoms with Gasteiger partial charge < -0.3 is 9.84 Å². The number of hydrogen-bond acceptors (Lipinski definition) is 3. The van der Waals surface area contributed by atoms with Crippen LogP contribution in [0, 0.1) is 0 Å². The highest BCUT2D eigenvalue weighted by Crippen LogP contribution is 2.27. The number of pyridine rings is 1. The number of nitrogens with zero attached hydrogens (tertiary/aromatic N) is 2. The van der Waals surface area contributed by atoms with Crippen LogP contribution in [-0.2, 0) is 0 Å². The van der Waals surface area contributed by atoms with Crippen LogP contribution >= 0.6 is 0 Å². The molecule has 5 nitrogen and oxygen atoms in total. The average Bonchev–Trinajstić information content (AvgIpc) is 2.87. The number of carbonyl (C=O) groups is 1. The quantitative estimate of drug-likeness (QED) is 0.793. The van der Waals surface area contributed by atoms with E-state index in [0.717, 1.165) is 11.1 Å². The van der Waals surface area contributed by atoms with Gasteiger partial charge in [0.2, 0.25) is 5.82 Å². The number of fused-ring (bicyclic) bond motifs is 1. The lowest BCUT2D eigenvalue weighted by atomic mass is 10.1. The molecule has 0 aliphatic rings. The smallest absolute Gasteiger partial charge is 0.372 e. The maximum atomic E-state index is 11.3. The minimum atomic E-state index is -1.06. The summed E-state index contributed by atoms with van der Waals surface area (Å²) in [4.78, 5) is 15.5.